The van der Waals surface area contributed by atoms with E-state index in [1.165, 1.54) is 0 Å². The van der Waals surface area contributed by atoms with Gasteiger partial charge in [-0.3, -0.25) is 4.79 Å². The molecule has 1 amide bonds. The molecule has 106 valence electrons. The Bertz CT molecular complexity index is 450. The second-order valence-corrected chi connectivity index (χ2v) is 5.60. The molecular formula is C15H24N2O2. The van der Waals surface area contributed by atoms with Gasteiger partial charge in [0.05, 0.1) is 7.11 Å². The number of anilines is 1. The molecule has 0 saturated carbocycles. The summed E-state index contributed by atoms with van der Waals surface area (Å²) in [5.41, 5.74) is 7.47. The molecule has 4 nitrogen and oxygen atoms in total. The summed E-state index contributed by atoms with van der Waals surface area (Å²) in [5, 5.41) is 0. The van der Waals surface area contributed by atoms with E-state index in [-0.39, 0.29) is 11.4 Å². The molecule has 0 aliphatic rings. The van der Waals surface area contributed by atoms with Gasteiger partial charge < -0.3 is 15.4 Å². The topological polar surface area (TPSA) is 55.6 Å². The summed E-state index contributed by atoms with van der Waals surface area (Å²) in [6.45, 7) is 5.82. The molecule has 0 aliphatic heterocycles. The molecular weight excluding hydrogens is 240 g/mol. The van der Waals surface area contributed by atoms with Crippen LogP contribution in [0.1, 0.15) is 32.3 Å². The van der Waals surface area contributed by atoms with E-state index in [9.17, 15) is 4.79 Å². The van der Waals surface area contributed by atoms with Crippen LogP contribution in [0.2, 0.25) is 0 Å². The number of hydrogen-bond donors (Lipinski definition) is 1. The first-order chi connectivity index (χ1) is 8.74. The Morgan fingerprint density at radius 3 is 2.53 bits per heavy atom. The van der Waals surface area contributed by atoms with Crippen molar-refractivity contribution < 1.29 is 9.53 Å². The van der Waals surface area contributed by atoms with Crippen LogP contribution in [0.15, 0.2) is 18.2 Å². The summed E-state index contributed by atoms with van der Waals surface area (Å²) in [4.78, 5) is 13.8. The van der Waals surface area contributed by atoms with Gasteiger partial charge >= 0.3 is 0 Å². The zero-order valence-corrected chi connectivity index (χ0v) is 12.5. The third-order valence-corrected chi connectivity index (χ3v) is 3.12. The summed E-state index contributed by atoms with van der Waals surface area (Å²) in [5.74, 6) is 0.899. The van der Waals surface area contributed by atoms with Gasteiger partial charge in [0.2, 0.25) is 5.91 Å². The van der Waals surface area contributed by atoms with Crippen LogP contribution in [-0.2, 0) is 4.79 Å². The summed E-state index contributed by atoms with van der Waals surface area (Å²) < 4.78 is 5.21. The van der Waals surface area contributed by atoms with E-state index < -0.39 is 0 Å². The van der Waals surface area contributed by atoms with Crippen molar-refractivity contribution in [1.29, 1.82) is 0 Å². The standard InChI is InChI=1S/C15H24N2O2/c1-11-10-12(6-7-13(11)19-5)17(4)14(18)8-9-15(2,3)16/h6-7,10H,8-9,16H2,1-5H3. The summed E-state index contributed by atoms with van der Waals surface area (Å²) in [6, 6.07) is 5.71. The van der Waals surface area contributed by atoms with Crippen molar-refractivity contribution in [3.8, 4) is 5.75 Å². The molecule has 0 heterocycles. The van der Waals surface area contributed by atoms with Crippen molar-refractivity contribution in [2.75, 3.05) is 19.1 Å². The van der Waals surface area contributed by atoms with Crippen LogP contribution in [0.5, 0.6) is 5.75 Å². The zero-order chi connectivity index (χ0) is 14.6. The largest absolute Gasteiger partial charge is 0.496 e. The minimum Gasteiger partial charge on any atom is -0.496 e. The number of hydrogen-bond acceptors (Lipinski definition) is 3. The molecule has 0 fully saturated rings. The average molecular weight is 264 g/mol. The van der Waals surface area contributed by atoms with Crippen LogP contribution in [0.3, 0.4) is 0 Å². The van der Waals surface area contributed by atoms with Crippen molar-refractivity contribution in [2.45, 2.75) is 39.2 Å². The third kappa shape index (κ3) is 4.56. The quantitative estimate of drug-likeness (QED) is 0.889. The molecule has 0 aromatic heterocycles. The number of benzene rings is 1. The minimum atomic E-state index is -0.313. The molecule has 19 heavy (non-hydrogen) atoms. The van der Waals surface area contributed by atoms with Crippen LogP contribution >= 0.6 is 0 Å². The predicted molar refractivity (Wildman–Crippen MR) is 78.6 cm³/mol. The Hall–Kier alpha value is -1.55. The number of carbonyl (C=O) groups is 1. The van der Waals surface area contributed by atoms with Crippen LogP contribution in [0.4, 0.5) is 5.69 Å². The van der Waals surface area contributed by atoms with Gasteiger partial charge in [-0.2, -0.15) is 0 Å². The fraction of sp³-hybridized carbons (Fsp3) is 0.533. The van der Waals surface area contributed by atoms with Gasteiger partial charge in [0, 0.05) is 24.7 Å². The second kappa shape index (κ2) is 6.06. The number of rotatable bonds is 5. The van der Waals surface area contributed by atoms with Crippen LogP contribution < -0.4 is 15.4 Å². The molecule has 1 aromatic carbocycles. The first-order valence-corrected chi connectivity index (χ1v) is 6.44. The predicted octanol–water partition coefficient (Wildman–Crippen LogP) is 2.48. The van der Waals surface area contributed by atoms with E-state index in [1.807, 2.05) is 39.0 Å². The van der Waals surface area contributed by atoms with Gasteiger partial charge in [0.15, 0.2) is 0 Å². The maximum atomic E-state index is 12.1. The number of amides is 1. The van der Waals surface area contributed by atoms with E-state index >= 15 is 0 Å². The molecule has 0 radical (unpaired) electrons. The van der Waals surface area contributed by atoms with Crippen molar-refractivity contribution >= 4 is 11.6 Å². The Morgan fingerprint density at radius 2 is 2.05 bits per heavy atom. The monoisotopic (exact) mass is 264 g/mol. The number of carbonyl (C=O) groups excluding carboxylic acids is 1. The molecule has 0 unspecified atom stereocenters. The third-order valence-electron chi connectivity index (χ3n) is 3.12. The molecule has 2 N–H and O–H groups in total. The number of aryl methyl sites for hydroxylation is 1. The van der Waals surface area contributed by atoms with E-state index in [0.717, 1.165) is 17.0 Å². The normalized spacial score (nSPS) is 11.3. The summed E-state index contributed by atoms with van der Waals surface area (Å²) >= 11 is 0. The van der Waals surface area contributed by atoms with Crippen molar-refractivity contribution in [3.05, 3.63) is 23.8 Å². The number of nitrogens with zero attached hydrogens (tertiary/aromatic N) is 1. The highest BCUT2D eigenvalue weighted by Gasteiger charge is 2.17. The summed E-state index contributed by atoms with van der Waals surface area (Å²) in [6.07, 6.45) is 1.12. The van der Waals surface area contributed by atoms with E-state index in [4.69, 9.17) is 10.5 Å². The van der Waals surface area contributed by atoms with Crippen molar-refractivity contribution in [3.63, 3.8) is 0 Å². The highest BCUT2D eigenvalue weighted by molar-refractivity contribution is 5.93. The van der Waals surface area contributed by atoms with Crippen LogP contribution in [0, 0.1) is 6.92 Å². The average Bonchev–Trinajstić information content (AvgIpc) is 2.34. The molecule has 1 rings (SSSR count). The lowest BCUT2D eigenvalue weighted by Crippen LogP contribution is -2.35. The van der Waals surface area contributed by atoms with Gasteiger partial charge in [0.1, 0.15) is 5.75 Å². The zero-order valence-electron chi connectivity index (χ0n) is 12.5. The molecule has 1 aromatic rings. The first-order valence-electron chi connectivity index (χ1n) is 6.44. The van der Waals surface area contributed by atoms with E-state index in [2.05, 4.69) is 0 Å². The Labute approximate surface area is 115 Å². The fourth-order valence-corrected chi connectivity index (χ4v) is 1.81. The smallest absolute Gasteiger partial charge is 0.226 e. The molecule has 0 bridgehead atoms. The van der Waals surface area contributed by atoms with Gasteiger partial charge in [-0.15, -0.1) is 0 Å². The summed E-state index contributed by atoms with van der Waals surface area (Å²) in [7, 11) is 3.42. The van der Waals surface area contributed by atoms with Crippen LogP contribution in [-0.4, -0.2) is 25.6 Å². The Kier molecular flexibility index (Phi) is 4.95. The number of methoxy groups -OCH3 is 1. The molecule has 0 atom stereocenters. The lowest BCUT2D eigenvalue weighted by atomic mass is 9.99. The molecule has 0 spiro atoms. The van der Waals surface area contributed by atoms with Gasteiger partial charge in [-0.1, -0.05) is 0 Å². The van der Waals surface area contributed by atoms with Crippen LogP contribution in [0.25, 0.3) is 0 Å². The maximum Gasteiger partial charge on any atom is 0.226 e. The SMILES string of the molecule is COc1ccc(N(C)C(=O)CCC(C)(C)N)cc1C. The molecule has 0 aliphatic carbocycles. The second-order valence-electron chi connectivity index (χ2n) is 5.60. The molecule has 0 saturated heterocycles. The molecule has 4 heteroatoms. The number of ether oxygens (including phenoxy) is 1. The minimum absolute atomic E-state index is 0.0723. The lowest BCUT2D eigenvalue weighted by molar-refractivity contribution is -0.118. The maximum absolute atomic E-state index is 12.1. The van der Waals surface area contributed by atoms with Gasteiger partial charge in [0.25, 0.3) is 0 Å². The number of nitrogens with two attached hydrogens (primary N) is 1. The highest BCUT2D eigenvalue weighted by atomic mass is 16.5. The van der Waals surface area contributed by atoms with Crippen molar-refractivity contribution in [2.24, 2.45) is 5.73 Å². The van der Waals surface area contributed by atoms with Crippen molar-refractivity contribution in [1.82, 2.24) is 0 Å². The Balaban J connectivity index is 2.74. The lowest BCUT2D eigenvalue weighted by Gasteiger charge is -2.22. The van der Waals surface area contributed by atoms with E-state index in [1.54, 1.807) is 19.1 Å². The van der Waals surface area contributed by atoms with Gasteiger partial charge in [-0.25, -0.2) is 0 Å². The first kappa shape index (κ1) is 15.5. The Morgan fingerprint density at radius 1 is 1.42 bits per heavy atom. The highest BCUT2D eigenvalue weighted by Crippen LogP contribution is 2.24. The van der Waals surface area contributed by atoms with E-state index in [0.29, 0.717) is 12.8 Å². The van der Waals surface area contributed by atoms with Gasteiger partial charge in [-0.05, 0) is 51.0 Å². The fourth-order valence-electron chi connectivity index (χ4n) is 1.81.